The van der Waals surface area contributed by atoms with Gasteiger partial charge in [-0.1, -0.05) is 19.9 Å². The van der Waals surface area contributed by atoms with Gasteiger partial charge in [0.15, 0.2) is 0 Å². The summed E-state index contributed by atoms with van der Waals surface area (Å²) in [5, 5.41) is 0. The molecule has 2 saturated carbocycles. The van der Waals surface area contributed by atoms with Crippen LogP contribution in [0.4, 0.5) is 4.79 Å². The van der Waals surface area contributed by atoms with Gasteiger partial charge in [-0.15, -0.1) is 0 Å². The zero-order chi connectivity index (χ0) is 21.8. The molecule has 0 radical (unpaired) electrons. The van der Waals surface area contributed by atoms with Crippen LogP contribution in [0.1, 0.15) is 75.5 Å². The Bertz CT molecular complexity index is 896. The SMILES string of the molecule is CCc1cc2c(cc1OC(=O)N1CCOC(C)C1)CCC1C2CCC2(C)C(=O)CCC12. The second-order valence-electron chi connectivity index (χ2n) is 10.3. The van der Waals surface area contributed by atoms with Crippen LogP contribution in [-0.4, -0.2) is 42.6 Å². The van der Waals surface area contributed by atoms with Crippen molar-refractivity contribution in [3.05, 3.63) is 28.8 Å². The number of carbonyl (C=O) groups is 2. The van der Waals surface area contributed by atoms with Gasteiger partial charge in [0.25, 0.3) is 0 Å². The van der Waals surface area contributed by atoms with Crippen LogP contribution in [0.25, 0.3) is 0 Å². The molecule has 168 valence electrons. The third-order valence-electron chi connectivity index (χ3n) is 8.69. The number of benzene rings is 1. The first-order chi connectivity index (χ1) is 14.9. The maximum Gasteiger partial charge on any atom is 0.415 e. The summed E-state index contributed by atoms with van der Waals surface area (Å²) >= 11 is 0. The van der Waals surface area contributed by atoms with Crippen LogP contribution in [0.5, 0.6) is 5.75 Å². The number of morpholine rings is 1. The lowest BCUT2D eigenvalue weighted by molar-refractivity contribution is -0.129. The molecule has 1 aromatic carbocycles. The highest BCUT2D eigenvalue weighted by atomic mass is 16.6. The standard InChI is InChI=1S/C26H35NO4/c1-4-17-13-21-18(14-23(17)31-25(29)27-11-12-30-16(2)15-27)5-6-20-19(21)9-10-26(3)22(20)7-8-24(26)28/h13-14,16,19-20,22H,4-12,15H2,1-3H3. The third kappa shape index (κ3) is 3.49. The van der Waals surface area contributed by atoms with Crippen molar-refractivity contribution in [2.75, 3.05) is 19.7 Å². The number of amides is 1. The Morgan fingerprint density at radius 1 is 1.26 bits per heavy atom. The van der Waals surface area contributed by atoms with E-state index in [-0.39, 0.29) is 17.6 Å². The smallest absolute Gasteiger partial charge is 0.410 e. The van der Waals surface area contributed by atoms with Crippen molar-refractivity contribution in [1.29, 1.82) is 0 Å². The summed E-state index contributed by atoms with van der Waals surface area (Å²) in [7, 11) is 0. The average molecular weight is 426 g/mol. The molecule has 1 heterocycles. The molecule has 5 heteroatoms. The van der Waals surface area contributed by atoms with E-state index in [0.717, 1.165) is 56.3 Å². The normalized spacial score (nSPS) is 34.7. The van der Waals surface area contributed by atoms with Crippen LogP contribution >= 0.6 is 0 Å². The number of rotatable bonds is 2. The molecule has 5 rings (SSSR count). The molecule has 5 unspecified atom stereocenters. The molecule has 31 heavy (non-hydrogen) atoms. The lowest BCUT2D eigenvalue weighted by Crippen LogP contribution is -2.45. The first kappa shape index (κ1) is 21.0. The van der Waals surface area contributed by atoms with Crippen molar-refractivity contribution < 1.29 is 19.1 Å². The zero-order valence-corrected chi connectivity index (χ0v) is 19.1. The highest BCUT2D eigenvalue weighted by molar-refractivity contribution is 5.87. The van der Waals surface area contributed by atoms with Crippen LogP contribution in [-0.2, 0) is 22.4 Å². The largest absolute Gasteiger partial charge is 0.415 e. The molecule has 1 saturated heterocycles. The number of hydrogen-bond donors (Lipinski definition) is 0. The van der Waals surface area contributed by atoms with E-state index in [2.05, 4.69) is 26.0 Å². The summed E-state index contributed by atoms with van der Waals surface area (Å²) in [6.07, 6.45) is 6.74. The van der Waals surface area contributed by atoms with Crippen LogP contribution in [0.15, 0.2) is 12.1 Å². The second kappa shape index (κ2) is 7.91. The van der Waals surface area contributed by atoms with Crippen molar-refractivity contribution in [3.8, 4) is 5.75 Å². The Balaban J connectivity index is 1.39. The average Bonchev–Trinajstić information content (AvgIpc) is 3.07. The lowest BCUT2D eigenvalue weighted by atomic mass is 9.55. The molecule has 1 aliphatic heterocycles. The Hall–Kier alpha value is -1.88. The summed E-state index contributed by atoms with van der Waals surface area (Å²) in [6.45, 7) is 8.06. The van der Waals surface area contributed by atoms with Crippen LogP contribution in [0.3, 0.4) is 0 Å². The minimum atomic E-state index is -0.267. The molecule has 0 N–H and O–H groups in total. The van der Waals surface area contributed by atoms with Crippen LogP contribution in [0.2, 0.25) is 0 Å². The fourth-order valence-electron chi connectivity index (χ4n) is 6.93. The van der Waals surface area contributed by atoms with Crippen molar-refractivity contribution in [2.45, 2.75) is 77.7 Å². The minimum Gasteiger partial charge on any atom is -0.410 e. The highest BCUT2D eigenvalue weighted by Gasteiger charge is 2.54. The molecule has 4 aliphatic rings. The fourth-order valence-corrected chi connectivity index (χ4v) is 6.93. The van der Waals surface area contributed by atoms with Crippen molar-refractivity contribution in [2.24, 2.45) is 17.3 Å². The monoisotopic (exact) mass is 425 g/mol. The molecule has 0 spiro atoms. The fraction of sp³-hybridized carbons (Fsp3) is 0.692. The van der Waals surface area contributed by atoms with Crippen molar-refractivity contribution in [1.82, 2.24) is 4.90 Å². The van der Waals surface area contributed by atoms with E-state index in [9.17, 15) is 9.59 Å². The van der Waals surface area contributed by atoms with E-state index in [1.807, 2.05) is 6.92 Å². The topological polar surface area (TPSA) is 55.8 Å². The van der Waals surface area contributed by atoms with E-state index >= 15 is 0 Å². The Morgan fingerprint density at radius 2 is 2.10 bits per heavy atom. The Morgan fingerprint density at radius 3 is 2.87 bits per heavy atom. The van der Waals surface area contributed by atoms with Crippen LogP contribution < -0.4 is 4.74 Å². The number of hydrogen-bond acceptors (Lipinski definition) is 4. The van der Waals surface area contributed by atoms with E-state index in [4.69, 9.17) is 9.47 Å². The number of ketones is 1. The number of aryl methyl sites for hydroxylation is 2. The van der Waals surface area contributed by atoms with Gasteiger partial charge in [-0.05, 0) is 86.0 Å². The summed E-state index contributed by atoms with van der Waals surface area (Å²) in [5.41, 5.74) is 3.82. The van der Waals surface area contributed by atoms with Crippen molar-refractivity contribution >= 4 is 11.9 Å². The van der Waals surface area contributed by atoms with Gasteiger partial charge < -0.3 is 14.4 Å². The van der Waals surface area contributed by atoms with Crippen molar-refractivity contribution in [3.63, 3.8) is 0 Å². The summed E-state index contributed by atoms with van der Waals surface area (Å²) in [6, 6.07) is 4.45. The minimum absolute atomic E-state index is 0.0480. The first-order valence-corrected chi connectivity index (χ1v) is 12.2. The predicted molar refractivity (Wildman–Crippen MR) is 118 cm³/mol. The molecule has 1 aromatic rings. The van der Waals surface area contributed by atoms with Crippen LogP contribution in [0, 0.1) is 17.3 Å². The van der Waals surface area contributed by atoms with E-state index in [0.29, 0.717) is 43.2 Å². The molecular formula is C26H35NO4. The molecular weight excluding hydrogens is 390 g/mol. The number of carbonyl (C=O) groups excluding carboxylic acids is 2. The number of Topliss-reactive ketones (excluding diaryl/α,β-unsaturated/α-hetero) is 1. The number of fused-ring (bicyclic) bond motifs is 5. The summed E-state index contributed by atoms with van der Waals surface area (Å²) in [5.74, 6) is 2.92. The summed E-state index contributed by atoms with van der Waals surface area (Å²) < 4.78 is 11.5. The summed E-state index contributed by atoms with van der Waals surface area (Å²) in [4.78, 5) is 27.1. The van der Waals surface area contributed by atoms with E-state index < -0.39 is 0 Å². The lowest BCUT2D eigenvalue weighted by Gasteiger charge is -2.48. The van der Waals surface area contributed by atoms with Gasteiger partial charge in [0, 0.05) is 18.4 Å². The zero-order valence-electron chi connectivity index (χ0n) is 19.1. The second-order valence-corrected chi connectivity index (χ2v) is 10.3. The van der Waals surface area contributed by atoms with Gasteiger partial charge in [0.05, 0.1) is 19.3 Å². The molecule has 5 atom stereocenters. The molecule has 5 nitrogen and oxygen atoms in total. The maximum absolute atomic E-state index is 12.8. The Labute approximate surface area is 185 Å². The van der Waals surface area contributed by atoms with E-state index in [1.165, 1.54) is 11.1 Å². The van der Waals surface area contributed by atoms with E-state index in [1.54, 1.807) is 4.90 Å². The maximum atomic E-state index is 12.8. The van der Waals surface area contributed by atoms with Gasteiger partial charge in [-0.25, -0.2) is 4.79 Å². The first-order valence-electron chi connectivity index (χ1n) is 12.2. The molecule has 0 bridgehead atoms. The van der Waals surface area contributed by atoms with Gasteiger partial charge >= 0.3 is 6.09 Å². The van der Waals surface area contributed by atoms with Gasteiger partial charge in [0.1, 0.15) is 11.5 Å². The number of ether oxygens (including phenoxy) is 2. The van der Waals surface area contributed by atoms with Gasteiger partial charge in [0.2, 0.25) is 0 Å². The molecule has 1 amide bonds. The third-order valence-corrected chi connectivity index (χ3v) is 8.69. The highest BCUT2D eigenvalue weighted by Crippen LogP contribution is 2.59. The quantitative estimate of drug-likeness (QED) is 0.677. The van der Waals surface area contributed by atoms with Gasteiger partial charge in [-0.2, -0.15) is 0 Å². The number of nitrogens with zero attached hydrogens (tertiary/aromatic N) is 1. The predicted octanol–water partition coefficient (Wildman–Crippen LogP) is 4.89. The molecule has 3 aliphatic carbocycles. The van der Waals surface area contributed by atoms with Gasteiger partial charge in [-0.3, -0.25) is 4.79 Å². The Kier molecular flexibility index (Phi) is 5.36. The molecule has 3 fully saturated rings. The molecule has 0 aromatic heterocycles.